The Balaban J connectivity index is 0.000000155. The van der Waals surface area contributed by atoms with Crippen molar-refractivity contribution >= 4 is 162 Å². The molecule has 0 radical (unpaired) electrons. The fraction of sp³-hybridized carbons (Fsp3) is 0.667. The minimum absolute atomic E-state index is 0.205. The first-order valence-electron chi connectivity index (χ1n) is 12.0. The first kappa shape index (κ1) is 37.7. The van der Waals surface area contributed by atoms with E-state index in [1.165, 1.54) is 0 Å². The molecule has 42 heavy (non-hydrogen) atoms. The third-order valence-electron chi connectivity index (χ3n) is 8.61. The zero-order valence-corrected chi connectivity index (χ0v) is 31.0. The van der Waals surface area contributed by atoms with Crippen LogP contribution in [0.4, 0.5) is 0 Å². The Morgan fingerprint density at radius 1 is 0.524 bits per heavy atom. The highest BCUT2D eigenvalue weighted by Crippen LogP contribution is 2.79. The lowest BCUT2D eigenvalue weighted by Crippen LogP contribution is -2.45. The Bertz CT molecular complexity index is 1160. The second-order valence-electron chi connectivity index (χ2n) is 10.5. The van der Waals surface area contributed by atoms with Gasteiger partial charge in [-0.1, -0.05) is 117 Å². The highest BCUT2D eigenvalue weighted by molar-refractivity contribution is 6.67. The van der Waals surface area contributed by atoms with E-state index in [0.29, 0.717) is 0 Å². The predicted molar refractivity (Wildman–Crippen MR) is 178 cm³/mol. The van der Waals surface area contributed by atoms with Gasteiger partial charge in [0.1, 0.15) is 31.7 Å². The van der Waals surface area contributed by atoms with E-state index in [1.54, 1.807) is 0 Å². The average Bonchev–Trinajstić information content (AvgIpc) is 3.64. The number of alkyl halides is 10. The van der Waals surface area contributed by atoms with Crippen LogP contribution in [0.25, 0.3) is 0 Å². The average molecular weight is 869 g/mol. The van der Waals surface area contributed by atoms with Crippen LogP contribution in [-0.2, 0) is 0 Å². The van der Waals surface area contributed by atoms with E-state index < -0.39 is 53.6 Å². The van der Waals surface area contributed by atoms with Crippen molar-refractivity contribution in [3.05, 3.63) is 44.4 Å². The molecule has 0 amide bonds. The van der Waals surface area contributed by atoms with Crippen LogP contribution in [0.5, 0.6) is 0 Å². The summed E-state index contributed by atoms with van der Waals surface area (Å²) >= 11 is 88.9. The quantitative estimate of drug-likeness (QED) is 0.171. The maximum atomic E-state index is 8.47. The van der Waals surface area contributed by atoms with Gasteiger partial charge in [0.05, 0.1) is 44.1 Å². The summed E-state index contributed by atoms with van der Waals surface area (Å²) < 4.78 is -2.96. The zero-order chi connectivity index (χ0) is 32.2. The normalized spacial score (nSPS) is 47.7. The minimum atomic E-state index is -1.48. The molecule has 12 atom stereocenters. The van der Waals surface area contributed by atoms with Crippen molar-refractivity contribution in [2.45, 2.75) is 51.1 Å². The summed E-state index contributed by atoms with van der Waals surface area (Å²) in [6.45, 7) is -1.05. The van der Waals surface area contributed by atoms with Gasteiger partial charge >= 0.3 is 0 Å². The summed E-state index contributed by atoms with van der Waals surface area (Å²) in [5, 5.41) is 33.4. The Morgan fingerprint density at radius 2 is 0.786 bits per heavy atom. The van der Waals surface area contributed by atoms with E-state index in [0.717, 1.165) is 0 Å². The van der Waals surface area contributed by atoms with Gasteiger partial charge in [-0.3, -0.25) is 0 Å². The van der Waals surface area contributed by atoms with Gasteiger partial charge in [0, 0.05) is 23.7 Å². The van der Waals surface area contributed by atoms with Gasteiger partial charge in [0.25, 0.3) is 0 Å². The molecular formula is C24H20Cl14O4. The topological polar surface area (TPSA) is 80.9 Å². The summed E-state index contributed by atoms with van der Waals surface area (Å²) in [5.74, 6) is -0.940. The fourth-order valence-electron chi connectivity index (χ4n) is 6.41. The number of aliphatic hydroxyl groups excluding tert-OH is 4. The minimum Gasteiger partial charge on any atom is -0.394 e. The maximum Gasteiger partial charge on any atom is 0.167 e. The third-order valence-corrected chi connectivity index (χ3v) is 18.0. The summed E-state index contributed by atoms with van der Waals surface area (Å²) in [6, 6.07) is 0. The van der Waals surface area contributed by atoms with Gasteiger partial charge in [-0.2, -0.15) is 0 Å². The molecule has 6 aliphatic carbocycles. The Hall–Kier alpha value is 2.86. The second kappa shape index (κ2) is 12.3. The lowest BCUT2D eigenvalue weighted by Gasteiger charge is -2.34. The molecule has 238 valence electrons. The highest BCUT2D eigenvalue weighted by atomic mass is 35.5. The molecule has 0 heterocycles. The number of fused-ring (bicyclic) bond motifs is 10. The first-order chi connectivity index (χ1) is 19.1. The molecule has 0 aliphatic heterocycles. The molecule has 2 fully saturated rings. The molecule has 18 heteroatoms. The van der Waals surface area contributed by atoms with Gasteiger partial charge in [0.2, 0.25) is 0 Å². The van der Waals surface area contributed by atoms with Crippen molar-refractivity contribution in [3.8, 4) is 0 Å². The van der Waals surface area contributed by atoms with Crippen molar-refractivity contribution < 1.29 is 20.4 Å². The lowest BCUT2D eigenvalue weighted by atomic mass is 9.84. The molecule has 0 saturated heterocycles. The van der Waals surface area contributed by atoms with Crippen LogP contribution in [0.15, 0.2) is 44.4 Å². The van der Waals surface area contributed by atoms with Gasteiger partial charge in [0.15, 0.2) is 8.67 Å². The van der Waals surface area contributed by atoms with Crippen molar-refractivity contribution in [3.63, 3.8) is 0 Å². The van der Waals surface area contributed by atoms with Crippen molar-refractivity contribution in [2.24, 2.45) is 23.7 Å². The molecule has 0 spiro atoms. The van der Waals surface area contributed by atoms with E-state index in [4.69, 9.17) is 183 Å². The molecule has 0 aromatic rings. The van der Waals surface area contributed by atoms with Crippen LogP contribution >= 0.6 is 162 Å². The standard InChI is InChI=1S/2C10H5Cl7.C4H10O4/c2*11-4-2-1-3-5(4)9(15)7(13)6(12)8(3,14)10(9,16)17;5-1-3(7)4(8)2-6/h2*1-5H;3-8H,1-2H2. The Kier molecular flexibility index (Phi) is 11.1. The van der Waals surface area contributed by atoms with Gasteiger partial charge in [-0.15, -0.1) is 69.6 Å². The maximum absolute atomic E-state index is 8.47. The molecule has 0 aromatic carbocycles. The summed E-state index contributed by atoms with van der Waals surface area (Å²) in [6.07, 6.45) is 4.94. The predicted octanol–water partition coefficient (Wildman–Crippen LogP) is 8.18. The number of halogens is 14. The largest absolute Gasteiger partial charge is 0.394 e. The molecule has 6 aliphatic rings. The summed E-state index contributed by atoms with van der Waals surface area (Å²) in [5.41, 5.74) is 0. The zero-order valence-electron chi connectivity index (χ0n) is 20.4. The Labute approximate surface area is 312 Å². The lowest BCUT2D eigenvalue weighted by molar-refractivity contribution is -0.0388. The molecular weight excluding hydrogens is 849 g/mol. The molecule has 4 nitrogen and oxygen atoms in total. The number of rotatable bonds is 3. The van der Waals surface area contributed by atoms with Crippen molar-refractivity contribution in [1.29, 1.82) is 0 Å². The SMILES string of the molecule is ClC1=C(Cl)C2(Cl)C3C(Cl)C=CC3C1(Cl)C2(Cl)Cl.ClC1=C(Cl)C2(Cl)C3C(Cl)C=CC3C1(Cl)C2(Cl)Cl.OCC(O)C(O)CO. The van der Waals surface area contributed by atoms with Crippen LogP contribution in [0.2, 0.25) is 0 Å². The molecule has 12 unspecified atom stereocenters. The van der Waals surface area contributed by atoms with E-state index in [9.17, 15) is 0 Å². The van der Waals surface area contributed by atoms with Crippen molar-refractivity contribution in [2.75, 3.05) is 13.2 Å². The molecule has 0 aromatic heterocycles. The van der Waals surface area contributed by atoms with Gasteiger partial charge < -0.3 is 20.4 Å². The van der Waals surface area contributed by atoms with E-state index in [2.05, 4.69) is 0 Å². The number of hydrogen-bond acceptors (Lipinski definition) is 4. The fourth-order valence-corrected chi connectivity index (χ4v) is 13.4. The number of hydrogen-bond donors (Lipinski definition) is 4. The summed E-state index contributed by atoms with van der Waals surface area (Å²) in [4.78, 5) is -4.89. The monoisotopic (exact) mass is 862 g/mol. The van der Waals surface area contributed by atoms with Crippen molar-refractivity contribution in [1.82, 2.24) is 0 Å². The third kappa shape index (κ3) is 4.52. The van der Waals surface area contributed by atoms with E-state index in [-0.39, 0.29) is 54.6 Å². The summed E-state index contributed by atoms with van der Waals surface area (Å²) in [7, 11) is 0. The van der Waals surface area contributed by atoms with Crippen LogP contribution in [0.3, 0.4) is 0 Å². The molecule has 4 bridgehead atoms. The first-order valence-corrected chi connectivity index (χ1v) is 17.4. The van der Waals surface area contributed by atoms with Crippen LogP contribution in [0.1, 0.15) is 0 Å². The number of allylic oxidation sites excluding steroid dienone is 8. The van der Waals surface area contributed by atoms with E-state index in [1.807, 2.05) is 24.3 Å². The van der Waals surface area contributed by atoms with Crippen LogP contribution < -0.4 is 0 Å². The molecule has 6 rings (SSSR count). The Morgan fingerprint density at radius 3 is 1.05 bits per heavy atom. The van der Waals surface area contributed by atoms with Crippen LogP contribution in [-0.4, -0.2) is 84.8 Å². The van der Waals surface area contributed by atoms with E-state index >= 15 is 0 Å². The number of aliphatic hydroxyl groups is 4. The van der Waals surface area contributed by atoms with Gasteiger partial charge in [-0.25, -0.2) is 0 Å². The second-order valence-corrected chi connectivity index (χ2v) is 18.1. The molecule has 2 saturated carbocycles. The van der Waals surface area contributed by atoms with Gasteiger partial charge in [-0.05, 0) is 0 Å². The smallest absolute Gasteiger partial charge is 0.167 e. The van der Waals surface area contributed by atoms with Crippen LogP contribution in [0, 0.1) is 23.7 Å². The highest BCUT2D eigenvalue weighted by Gasteiger charge is 2.84. The molecule has 4 N–H and O–H groups in total.